The van der Waals surface area contributed by atoms with Crippen molar-refractivity contribution in [3.63, 3.8) is 0 Å². The Morgan fingerprint density at radius 3 is 2.37 bits per heavy atom. The van der Waals surface area contributed by atoms with E-state index in [0.717, 1.165) is 24.0 Å². The Morgan fingerprint density at radius 2 is 1.89 bits per heavy atom. The van der Waals surface area contributed by atoms with Crippen LogP contribution < -0.4 is 5.32 Å². The predicted molar refractivity (Wildman–Crippen MR) is 71.8 cm³/mol. The summed E-state index contributed by atoms with van der Waals surface area (Å²) in [4.78, 5) is 23.3. The highest BCUT2D eigenvalue weighted by molar-refractivity contribution is 5.88. The van der Waals surface area contributed by atoms with E-state index in [1.807, 2.05) is 31.2 Å². The van der Waals surface area contributed by atoms with Crippen molar-refractivity contribution in [1.82, 2.24) is 5.32 Å². The van der Waals surface area contributed by atoms with E-state index in [1.54, 1.807) is 6.92 Å². The monoisotopic (exact) mass is 261 g/mol. The molecular weight excluding hydrogens is 242 g/mol. The van der Waals surface area contributed by atoms with Gasteiger partial charge in [0.2, 0.25) is 5.91 Å². The molecule has 1 unspecified atom stereocenters. The molecule has 1 fully saturated rings. The third-order valence-corrected chi connectivity index (χ3v) is 3.72. The smallest absolute Gasteiger partial charge is 0.329 e. The fraction of sp³-hybridized carbons (Fsp3) is 0.467. The van der Waals surface area contributed by atoms with Crippen LogP contribution in [0.25, 0.3) is 0 Å². The standard InChI is InChI=1S/C15H19NO3/c1-10-3-5-11(6-4-10)9-13(17)16-15(2,14(18)19)12-7-8-12/h3-6,12H,7-9H2,1-2H3,(H,16,17)(H,18,19). The summed E-state index contributed by atoms with van der Waals surface area (Å²) >= 11 is 0. The van der Waals surface area contributed by atoms with Crippen molar-refractivity contribution >= 4 is 11.9 Å². The minimum Gasteiger partial charge on any atom is -0.480 e. The second kappa shape index (κ2) is 5.03. The summed E-state index contributed by atoms with van der Waals surface area (Å²) < 4.78 is 0. The van der Waals surface area contributed by atoms with Crippen LogP contribution in [0.5, 0.6) is 0 Å². The minimum atomic E-state index is -1.12. The molecule has 1 aliphatic rings. The normalized spacial score (nSPS) is 17.6. The molecule has 1 aromatic rings. The number of nitrogens with one attached hydrogen (secondary N) is 1. The van der Waals surface area contributed by atoms with Gasteiger partial charge in [0.25, 0.3) is 0 Å². The predicted octanol–water partition coefficient (Wildman–Crippen LogP) is 1.91. The number of carboxylic acid groups (broad SMARTS) is 1. The molecule has 4 heteroatoms. The molecule has 1 saturated carbocycles. The molecule has 1 amide bonds. The van der Waals surface area contributed by atoms with Gasteiger partial charge in [0.1, 0.15) is 5.54 Å². The van der Waals surface area contributed by atoms with Crippen LogP contribution in [0, 0.1) is 12.8 Å². The summed E-state index contributed by atoms with van der Waals surface area (Å²) in [5.74, 6) is -1.13. The molecule has 2 rings (SSSR count). The summed E-state index contributed by atoms with van der Waals surface area (Å²) in [5.41, 5.74) is 0.908. The third kappa shape index (κ3) is 3.13. The zero-order valence-electron chi connectivity index (χ0n) is 11.3. The molecule has 0 spiro atoms. The van der Waals surface area contributed by atoms with Crippen LogP contribution in [0.4, 0.5) is 0 Å². The lowest BCUT2D eigenvalue weighted by molar-refractivity contribution is -0.147. The highest BCUT2D eigenvalue weighted by Gasteiger charge is 2.48. The highest BCUT2D eigenvalue weighted by atomic mass is 16.4. The quantitative estimate of drug-likeness (QED) is 0.850. The molecule has 1 aromatic carbocycles. The lowest BCUT2D eigenvalue weighted by Crippen LogP contribution is -2.54. The average Bonchev–Trinajstić information content (AvgIpc) is 3.16. The molecular formula is C15H19NO3. The van der Waals surface area contributed by atoms with Gasteiger partial charge in [0, 0.05) is 0 Å². The number of carbonyl (C=O) groups excluding carboxylic acids is 1. The van der Waals surface area contributed by atoms with Crippen molar-refractivity contribution in [2.75, 3.05) is 0 Å². The van der Waals surface area contributed by atoms with Gasteiger partial charge in [-0.25, -0.2) is 4.79 Å². The fourth-order valence-electron chi connectivity index (χ4n) is 2.22. The zero-order valence-corrected chi connectivity index (χ0v) is 11.3. The summed E-state index contributed by atoms with van der Waals surface area (Å²) in [6.45, 7) is 3.58. The van der Waals surface area contributed by atoms with E-state index in [1.165, 1.54) is 0 Å². The van der Waals surface area contributed by atoms with Crippen molar-refractivity contribution in [2.45, 2.75) is 38.6 Å². The second-order valence-electron chi connectivity index (χ2n) is 5.49. The molecule has 19 heavy (non-hydrogen) atoms. The molecule has 0 aliphatic heterocycles. The topological polar surface area (TPSA) is 66.4 Å². The van der Waals surface area contributed by atoms with Crippen molar-refractivity contribution in [3.05, 3.63) is 35.4 Å². The Hall–Kier alpha value is -1.84. The number of carboxylic acids is 1. The Balaban J connectivity index is 2.00. The molecule has 0 bridgehead atoms. The summed E-state index contributed by atoms with van der Waals surface area (Å²) in [5, 5.41) is 12.0. The number of hydrogen-bond donors (Lipinski definition) is 2. The molecule has 0 heterocycles. The largest absolute Gasteiger partial charge is 0.480 e. The number of benzene rings is 1. The molecule has 1 aliphatic carbocycles. The van der Waals surface area contributed by atoms with Crippen molar-refractivity contribution in [2.24, 2.45) is 5.92 Å². The van der Waals surface area contributed by atoms with Gasteiger partial charge >= 0.3 is 5.97 Å². The Morgan fingerprint density at radius 1 is 1.32 bits per heavy atom. The SMILES string of the molecule is Cc1ccc(CC(=O)NC(C)(C(=O)O)C2CC2)cc1. The highest BCUT2D eigenvalue weighted by Crippen LogP contribution is 2.39. The van der Waals surface area contributed by atoms with Crippen LogP contribution in [-0.4, -0.2) is 22.5 Å². The van der Waals surface area contributed by atoms with Crippen LogP contribution in [0.15, 0.2) is 24.3 Å². The Labute approximate surface area is 112 Å². The van der Waals surface area contributed by atoms with E-state index >= 15 is 0 Å². The fourth-order valence-corrected chi connectivity index (χ4v) is 2.22. The molecule has 0 aromatic heterocycles. The lowest BCUT2D eigenvalue weighted by Gasteiger charge is -2.26. The molecule has 2 N–H and O–H groups in total. The molecule has 0 radical (unpaired) electrons. The maximum Gasteiger partial charge on any atom is 0.329 e. The van der Waals surface area contributed by atoms with E-state index in [4.69, 9.17) is 0 Å². The first-order valence-electron chi connectivity index (χ1n) is 6.52. The van der Waals surface area contributed by atoms with E-state index in [-0.39, 0.29) is 18.2 Å². The third-order valence-electron chi connectivity index (χ3n) is 3.72. The van der Waals surface area contributed by atoms with Gasteiger partial charge in [-0.15, -0.1) is 0 Å². The summed E-state index contributed by atoms with van der Waals surface area (Å²) in [6, 6.07) is 7.67. The first kappa shape index (κ1) is 13.6. The maximum atomic E-state index is 12.0. The number of rotatable bonds is 5. The Bertz CT molecular complexity index is 491. The van der Waals surface area contributed by atoms with E-state index in [2.05, 4.69) is 5.32 Å². The van der Waals surface area contributed by atoms with Gasteiger partial charge in [-0.1, -0.05) is 29.8 Å². The molecule has 4 nitrogen and oxygen atoms in total. The van der Waals surface area contributed by atoms with Crippen LogP contribution in [0.2, 0.25) is 0 Å². The van der Waals surface area contributed by atoms with Crippen LogP contribution in [-0.2, 0) is 16.0 Å². The van der Waals surface area contributed by atoms with E-state index < -0.39 is 11.5 Å². The second-order valence-corrected chi connectivity index (χ2v) is 5.49. The van der Waals surface area contributed by atoms with E-state index in [0.29, 0.717) is 0 Å². The van der Waals surface area contributed by atoms with E-state index in [9.17, 15) is 14.7 Å². The van der Waals surface area contributed by atoms with Crippen molar-refractivity contribution < 1.29 is 14.7 Å². The van der Waals surface area contributed by atoms with Crippen molar-refractivity contribution in [1.29, 1.82) is 0 Å². The van der Waals surface area contributed by atoms with Crippen molar-refractivity contribution in [3.8, 4) is 0 Å². The van der Waals surface area contributed by atoms with Gasteiger partial charge in [-0.2, -0.15) is 0 Å². The summed E-state index contributed by atoms with van der Waals surface area (Å²) in [6.07, 6.45) is 1.96. The Kier molecular flexibility index (Phi) is 3.60. The first-order valence-corrected chi connectivity index (χ1v) is 6.52. The zero-order chi connectivity index (χ0) is 14.0. The molecule has 102 valence electrons. The minimum absolute atomic E-state index is 0.0620. The van der Waals surface area contributed by atoms with Gasteiger partial charge < -0.3 is 10.4 Å². The average molecular weight is 261 g/mol. The maximum absolute atomic E-state index is 12.0. The summed E-state index contributed by atoms with van der Waals surface area (Å²) in [7, 11) is 0. The first-order chi connectivity index (χ1) is 8.91. The molecule has 1 atom stereocenters. The number of aryl methyl sites for hydroxylation is 1. The number of aliphatic carboxylic acids is 1. The number of carbonyl (C=O) groups is 2. The van der Waals surface area contributed by atoms with Crippen LogP contribution in [0.1, 0.15) is 30.9 Å². The number of hydrogen-bond acceptors (Lipinski definition) is 2. The molecule has 0 saturated heterocycles. The van der Waals surface area contributed by atoms with Gasteiger partial charge in [-0.05, 0) is 38.2 Å². The van der Waals surface area contributed by atoms with Gasteiger partial charge in [-0.3, -0.25) is 4.79 Å². The van der Waals surface area contributed by atoms with Crippen LogP contribution in [0.3, 0.4) is 0 Å². The van der Waals surface area contributed by atoms with Crippen LogP contribution >= 0.6 is 0 Å². The van der Waals surface area contributed by atoms with Gasteiger partial charge in [0.15, 0.2) is 0 Å². The van der Waals surface area contributed by atoms with Gasteiger partial charge in [0.05, 0.1) is 6.42 Å². The number of amides is 1. The lowest BCUT2D eigenvalue weighted by atomic mass is 9.95.